The van der Waals surface area contributed by atoms with E-state index in [4.69, 9.17) is 31.6 Å². The summed E-state index contributed by atoms with van der Waals surface area (Å²) in [5, 5.41) is 56.3. The van der Waals surface area contributed by atoms with Crippen molar-refractivity contribution >= 4 is 59.8 Å². The first-order valence-corrected chi connectivity index (χ1v) is 23.8. The van der Waals surface area contributed by atoms with E-state index in [0.29, 0.717) is 25.7 Å². The number of aliphatic hydroxyl groups is 2. The van der Waals surface area contributed by atoms with Gasteiger partial charge in [-0.15, -0.1) is 0 Å². The van der Waals surface area contributed by atoms with Crippen molar-refractivity contribution in [2.24, 2.45) is 11.5 Å². The number of carbonyl (C=O) groups is 10. The minimum absolute atomic E-state index is 0.0168. The van der Waals surface area contributed by atoms with Crippen LogP contribution < -0.4 is 43.4 Å². The van der Waals surface area contributed by atoms with Crippen LogP contribution in [0.15, 0.2) is 0 Å². The molecule has 23 heteroatoms. The van der Waals surface area contributed by atoms with Crippen LogP contribution in [-0.2, 0) is 47.9 Å². The number of carboxylic acids is 2. The van der Waals surface area contributed by atoms with Crippen LogP contribution in [0.25, 0.3) is 0 Å². The number of hydrogen-bond acceptors (Lipinski definition) is 13. The number of carboxylic acid groups (broad SMARTS) is 3. The quantitative estimate of drug-likeness (QED) is 0.0303. The molecule has 0 fully saturated rings. The minimum atomic E-state index is -1.33. The van der Waals surface area contributed by atoms with Gasteiger partial charge >= 0.3 is 11.9 Å². The van der Waals surface area contributed by atoms with Crippen molar-refractivity contribution in [3.8, 4) is 0 Å². The Morgan fingerprint density at radius 3 is 1.38 bits per heavy atom. The number of rotatable bonds is 39. The van der Waals surface area contributed by atoms with Crippen molar-refractivity contribution in [2.45, 2.75) is 193 Å². The summed E-state index contributed by atoms with van der Waals surface area (Å²) in [5.74, 6) is -6.02. The first-order valence-electron chi connectivity index (χ1n) is 23.8. The largest absolute Gasteiger partial charge is 0.483 e. The maximum absolute atomic E-state index is 12.3. The fourth-order valence-corrected chi connectivity index (χ4v) is 6.16. The predicted octanol–water partition coefficient (Wildman–Crippen LogP) is 1.09. The van der Waals surface area contributed by atoms with E-state index < -0.39 is 78.2 Å². The Morgan fingerprint density at radius 2 is 0.926 bits per heavy atom. The number of nitrogens with two attached hydrogens (primary N) is 2. The minimum Gasteiger partial charge on any atom is -0.483 e. The van der Waals surface area contributed by atoms with Gasteiger partial charge in [-0.05, 0) is 51.9 Å². The second-order valence-electron chi connectivity index (χ2n) is 15.5. The van der Waals surface area contributed by atoms with Gasteiger partial charge in [-0.25, -0.2) is 4.79 Å². The zero-order valence-electron chi connectivity index (χ0n) is 41.0. The lowest BCUT2D eigenvalue weighted by molar-refractivity contribution is -0.142. The number of aliphatic hydroxyl groups excluding tert-OH is 2. The molecule has 0 heterocycles. The van der Waals surface area contributed by atoms with Crippen LogP contribution in [0, 0.1) is 0 Å². The number of amides is 7. The van der Waals surface area contributed by atoms with Crippen molar-refractivity contribution in [3.63, 3.8) is 0 Å². The molecular weight excluding hydrogens is 893 g/mol. The van der Waals surface area contributed by atoms with Crippen molar-refractivity contribution in [3.05, 3.63) is 0 Å². The molecule has 0 bridgehead atoms. The van der Waals surface area contributed by atoms with Gasteiger partial charge in [0.25, 0.3) is 6.47 Å². The molecule has 0 rings (SSSR count). The Balaban J connectivity index is -0.00000276. The molecular formula is C45H86N8O15. The van der Waals surface area contributed by atoms with Crippen LogP contribution in [0.3, 0.4) is 0 Å². The van der Waals surface area contributed by atoms with E-state index in [0.717, 1.165) is 52.1 Å². The van der Waals surface area contributed by atoms with Gasteiger partial charge in [0.05, 0.1) is 25.2 Å². The summed E-state index contributed by atoms with van der Waals surface area (Å²) in [6.45, 7) is 4.72. The zero-order valence-corrected chi connectivity index (χ0v) is 41.0. The summed E-state index contributed by atoms with van der Waals surface area (Å²) in [6.07, 6.45) is 15.7. The molecule has 0 spiro atoms. The molecule has 3 unspecified atom stereocenters. The lowest BCUT2D eigenvalue weighted by Gasteiger charge is -2.20. The van der Waals surface area contributed by atoms with Gasteiger partial charge in [0.2, 0.25) is 41.4 Å². The van der Waals surface area contributed by atoms with E-state index in [1.165, 1.54) is 51.9 Å². The molecule has 68 heavy (non-hydrogen) atoms. The SMILES string of the molecule is CC.CC(O)C(NC(=O)[C@@H](N)CCCCNC(=O)CNC(=O)CNC(=O)CCC(NC(=O)CCCNC(=O)CCCCCCCCCCCCCCCCC(=O)O)C(=O)O)C(N)=O.CO.O=CO. The topological polar surface area (TPSA) is 396 Å². The Kier molecular flexibility index (Phi) is 50.3. The Labute approximate surface area is 401 Å². The maximum atomic E-state index is 12.3. The summed E-state index contributed by atoms with van der Waals surface area (Å²) in [6, 6.07) is -3.56. The summed E-state index contributed by atoms with van der Waals surface area (Å²) < 4.78 is 0. The summed E-state index contributed by atoms with van der Waals surface area (Å²) in [4.78, 5) is 115. The molecule has 0 aromatic rings. The van der Waals surface area contributed by atoms with Crippen LogP contribution in [0.5, 0.6) is 0 Å². The molecule has 0 radical (unpaired) electrons. The van der Waals surface area contributed by atoms with Crippen molar-refractivity contribution < 1.29 is 73.5 Å². The van der Waals surface area contributed by atoms with Gasteiger partial charge in [0.15, 0.2) is 0 Å². The number of unbranched alkanes of at least 4 members (excludes halogenated alkanes) is 14. The highest BCUT2D eigenvalue weighted by molar-refractivity contribution is 5.90. The van der Waals surface area contributed by atoms with Gasteiger partial charge in [0.1, 0.15) is 12.1 Å². The Morgan fingerprint density at radius 1 is 0.529 bits per heavy atom. The molecule has 0 saturated carbocycles. The number of nitrogens with one attached hydrogen (secondary N) is 6. The molecule has 396 valence electrons. The molecule has 23 nitrogen and oxygen atoms in total. The molecule has 0 aliphatic heterocycles. The summed E-state index contributed by atoms with van der Waals surface area (Å²) >= 11 is 0. The molecule has 4 atom stereocenters. The Bertz CT molecular complexity index is 1410. The third-order valence-electron chi connectivity index (χ3n) is 9.82. The lowest BCUT2D eigenvalue weighted by Crippen LogP contribution is -2.54. The Hall–Kier alpha value is -5.42. The first-order chi connectivity index (χ1) is 32.4. The van der Waals surface area contributed by atoms with E-state index >= 15 is 0 Å². The van der Waals surface area contributed by atoms with E-state index in [9.17, 15) is 53.4 Å². The number of primary amides is 1. The van der Waals surface area contributed by atoms with Gasteiger partial charge in [-0.2, -0.15) is 0 Å². The summed E-state index contributed by atoms with van der Waals surface area (Å²) in [5.41, 5.74) is 10.9. The highest BCUT2D eigenvalue weighted by atomic mass is 16.4. The van der Waals surface area contributed by atoms with Gasteiger partial charge in [0, 0.05) is 45.9 Å². The summed E-state index contributed by atoms with van der Waals surface area (Å²) in [7, 11) is 1.00. The van der Waals surface area contributed by atoms with E-state index in [-0.39, 0.29) is 64.1 Å². The van der Waals surface area contributed by atoms with Gasteiger partial charge < -0.3 is 68.9 Å². The highest BCUT2D eigenvalue weighted by Gasteiger charge is 2.26. The fraction of sp³-hybridized carbons (Fsp3) is 0.778. The van der Waals surface area contributed by atoms with Crippen molar-refractivity contribution in [1.82, 2.24) is 31.9 Å². The smallest absolute Gasteiger partial charge is 0.326 e. The monoisotopic (exact) mass is 979 g/mol. The molecule has 0 aromatic carbocycles. The number of carbonyl (C=O) groups excluding carboxylic acids is 7. The molecule has 7 amide bonds. The second-order valence-corrected chi connectivity index (χ2v) is 15.5. The molecule has 0 aliphatic rings. The lowest BCUT2D eigenvalue weighted by atomic mass is 10.0. The number of aliphatic carboxylic acids is 2. The third kappa shape index (κ3) is 47.1. The van der Waals surface area contributed by atoms with Gasteiger partial charge in [-0.3, -0.25) is 43.2 Å². The second kappa shape index (κ2) is 49.5. The average Bonchev–Trinajstić information content (AvgIpc) is 3.30. The van der Waals surface area contributed by atoms with E-state index in [2.05, 4.69) is 31.9 Å². The standard InChI is InChI=1S/C41H74N8O12.C2H6.CH2O2.CH4O/c1-29(50)38(39(43)58)49-40(59)30(42)19-16-17-25-45-35(54)27-47-36(55)28-46-33(52)24-23-31(41(60)61)48-34(53)21-18-26-44-32(51)20-14-12-10-8-6-4-2-3-5-7-9-11-13-15-22-37(56)57;1-2;2-1-3;1-2/h29-31,38,50H,2-28,42H2,1H3,(H2,43,58)(H,44,51)(H,45,54)(H,46,52)(H,47,55)(H,48,53)(H,49,59)(H,56,57)(H,60,61);1-2H3;1H,(H,2,3);2H,1H3/t29?,30-,31?,38?;;;/m0.../s1. The first kappa shape index (κ1) is 69.2. The van der Waals surface area contributed by atoms with Crippen molar-refractivity contribution in [2.75, 3.05) is 33.3 Å². The van der Waals surface area contributed by atoms with Crippen LogP contribution in [-0.4, -0.2) is 143 Å². The fourth-order valence-electron chi connectivity index (χ4n) is 6.16. The average molecular weight is 979 g/mol. The van der Waals surface area contributed by atoms with Crippen LogP contribution in [0.2, 0.25) is 0 Å². The van der Waals surface area contributed by atoms with Gasteiger partial charge in [-0.1, -0.05) is 90.9 Å². The van der Waals surface area contributed by atoms with E-state index in [1.54, 1.807) is 0 Å². The van der Waals surface area contributed by atoms with Crippen molar-refractivity contribution in [1.29, 1.82) is 0 Å². The zero-order chi connectivity index (χ0) is 52.5. The normalized spacial score (nSPS) is 11.9. The molecule has 0 aromatic heterocycles. The molecule has 15 N–H and O–H groups in total. The molecule has 0 saturated heterocycles. The maximum Gasteiger partial charge on any atom is 0.326 e. The number of hydrogen-bond donors (Lipinski definition) is 13. The predicted molar refractivity (Wildman–Crippen MR) is 254 cm³/mol. The third-order valence-corrected chi connectivity index (χ3v) is 9.82. The van der Waals surface area contributed by atoms with E-state index in [1.807, 2.05) is 13.8 Å². The van der Waals surface area contributed by atoms with Crippen LogP contribution in [0.1, 0.15) is 168 Å². The highest BCUT2D eigenvalue weighted by Crippen LogP contribution is 2.14. The van der Waals surface area contributed by atoms with Crippen LogP contribution in [0.4, 0.5) is 0 Å². The van der Waals surface area contributed by atoms with Crippen LogP contribution >= 0.6 is 0 Å². The molecule has 0 aliphatic carbocycles.